The van der Waals surface area contributed by atoms with Crippen LogP contribution in [0.15, 0.2) is 39.7 Å². The average molecular weight is 438 g/mol. The molecule has 0 unspecified atom stereocenters. The molecule has 1 aromatic carbocycles. The fraction of sp³-hybridized carbons (Fsp3) is 0.417. The summed E-state index contributed by atoms with van der Waals surface area (Å²) in [6.07, 6.45) is 2.78. The third-order valence-corrected chi connectivity index (χ3v) is 6.30. The van der Waals surface area contributed by atoms with Gasteiger partial charge in [0.2, 0.25) is 11.8 Å². The average Bonchev–Trinajstić information content (AvgIpc) is 3.44. The minimum atomic E-state index is -0.692. The Labute approximate surface area is 185 Å². The predicted octanol–water partition coefficient (Wildman–Crippen LogP) is 5.16. The molecular formula is C24H28FN5O2. The summed E-state index contributed by atoms with van der Waals surface area (Å²) < 4.78 is 22.4. The molecule has 4 aromatic rings. The number of fused-ring (bicyclic) bond motifs is 1. The number of aromatic amines is 1. The number of aryl methyl sites for hydroxylation is 1. The standard InChI is InChI=1S/C24H28FN5O2/c1-6-24(7-2,23-29-28-22(32-23)14(4)5)17-9-10-19(27-21(17)31)15-11-18(25)16-13-26-30(8-3)20(16)12-15/h9-14H,6-8H2,1-5H3,(H,27,31). The summed E-state index contributed by atoms with van der Waals surface area (Å²) in [5, 5.41) is 13.1. The number of rotatable bonds is 7. The fourth-order valence-corrected chi connectivity index (χ4v) is 4.27. The van der Waals surface area contributed by atoms with E-state index < -0.39 is 5.41 Å². The van der Waals surface area contributed by atoms with Gasteiger partial charge in [-0.1, -0.05) is 33.8 Å². The third-order valence-electron chi connectivity index (χ3n) is 6.30. The lowest BCUT2D eigenvalue weighted by Crippen LogP contribution is -2.33. The van der Waals surface area contributed by atoms with Gasteiger partial charge in [-0.05, 0) is 38.0 Å². The number of aromatic nitrogens is 5. The van der Waals surface area contributed by atoms with E-state index in [2.05, 4.69) is 20.3 Å². The maximum absolute atomic E-state index is 14.7. The molecule has 0 atom stereocenters. The van der Waals surface area contributed by atoms with Gasteiger partial charge < -0.3 is 9.40 Å². The number of pyridine rings is 1. The molecule has 0 aliphatic heterocycles. The molecule has 0 fully saturated rings. The van der Waals surface area contributed by atoms with Crippen LogP contribution in [0.25, 0.3) is 22.2 Å². The Bertz CT molecular complexity index is 1310. The van der Waals surface area contributed by atoms with Crippen molar-refractivity contribution < 1.29 is 8.81 Å². The smallest absolute Gasteiger partial charge is 0.252 e. The first-order valence-corrected chi connectivity index (χ1v) is 11.1. The van der Waals surface area contributed by atoms with Gasteiger partial charge in [0, 0.05) is 29.3 Å². The second kappa shape index (κ2) is 8.33. The maximum atomic E-state index is 14.7. The van der Waals surface area contributed by atoms with E-state index in [9.17, 15) is 9.18 Å². The number of hydrogen-bond acceptors (Lipinski definition) is 5. The molecule has 0 bridgehead atoms. The van der Waals surface area contributed by atoms with Gasteiger partial charge in [0.25, 0.3) is 5.56 Å². The molecule has 0 saturated carbocycles. The molecule has 32 heavy (non-hydrogen) atoms. The summed E-state index contributed by atoms with van der Waals surface area (Å²) in [5.74, 6) is 0.731. The number of benzene rings is 1. The zero-order valence-electron chi connectivity index (χ0n) is 19.1. The Morgan fingerprint density at radius 1 is 1.16 bits per heavy atom. The third kappa shape index (κ3) is 3.43. The van der Waals surface area contributed by atoms with Crippen molar-refractivity contribution in [2.75, 3.05) is 0 Å². The van der Waals surface area contributed by atoms with Crippen LogP contribution in [0.4, 0.5) is 4.39 Å². The van der Waals surface area contributed by atoms with Crippen LogP contribution in [0.1, 0.15) is 70.7 Å². The summed E-state index contributed by atoms with van der Waals surface area (Å²) in [5.41, 5.74) is 1.44. The molecule has 0 aliphatic carbocycles. The highest BCUT2D eigenvalue weighted by atomic mass is 19.1. The first-order valence-electron chi connectivity index (χ1n) is 11.1. The van der Waals surface area contributed by atoms with E-state index in [1.54, 1.807) is 10.7 Å². The Kier molecular flexibility index (Phi) is 5.71. The molecule has 4 rings (SSSR count). The molecule has 0 radical (unpaired) electrons. The van der Waals surface area contributed by atoms with E-state index in [4.69, 9.17) is 4.42 Å². The van der Waals surface area contributed by atoms with Crippen LogP contribution in [0.3, 0.4) is 0 Å². The van der Waals surface area contributed by atoms with Crippen molar-refractivity contribution in [2.24, 2.45) is 0 Å². The molecule has 3 aromatic heterocycles. The summed E-state index contributed by atoms with van der Waals surface area (Å²) >= 11 is 0. The van der Waals surface area contributed by atoms with Gasteiger partial charge >= 0.3 is 0 Å². The Morgan fingerprint density at radius 3 is 2.50 bits per heavy atom. The normalized spacial score (nSPS) is 12.2. The Morgan fingerprint density at radius 2 is 1.91 bits per heavy atom. The lowest BCUT2D eigenvalue weighted by atomic mass is 9.76. The van der Waals surface area contributed by atoms with Crippen LogP contribution in [-0.4, -0.2) is 25.0 Å². The molecule has 168 valence electrons. The number of H-pyrrole nitrogens is 1. The lowest BCUT2D eigenvalue weighted by molar-refractivity contribution is 0.329. The molecule has 0 amide bonds. The first-order chi connectivity index (χ1) is 15.3. The van der Waals surface area contributed by atoms with Gasteiger partial charge in [-0.3, -0.25) is 9.48 Å². The van der Waals surface area contributed by atoms with Gasteiger partial charge in [0.1, 0.15) is 5.82 Å². The fourth-order valence-electron chi connectivity index (χ4n) is 4.27. The highest BCUT2D eigenvalue weighted by Crippen LogP contribution is 2.37. The summed E-state index contributed by atoms with van der Waals surface area (Å²) in [6, 6.07) is 6.87. The molecule has 1 N–H and O–H groups in total. The Hall–Kier alpha value is -3.29. The number of nitrogens with one attached hydrogen (secondary N) is 1. The van der Waals surface area contributed by atoms with Crippen LogP contribution < -0.4 is 5.56 Å². The van der Waals surface area contributed by atoms with Crippen LogP contribution in [0.2, 0.25) is 0 Å². The zero-order valence-corrected chi connectivity index (χ0v) is 19.1. The molecule has 8 heteroatoms. The van der Waals surface area contributed by atoms with Crippen molar-refractivity contribution >= 4 is 10.9 Å². The largest absolute Gasteiger partial charge is 0.424 e. The van der Waals surface area contributed by atoms with Crippen molar-refractivity contribution in [3.05, 3.63) is 64.0 Å². The molecule has 0 saturated heterocycles. The zero-order chi connectivity index (χ0) is 23.0. The summed E-state index contributed by atoms with van der Waals surface area (Å²) in [4.78, 5) is 16.2. The second-order valence-corrected chi connectivity index (χ2v) is 8.36. The SMILES string of the molecule is CCn1ncc2c(F)cc(-c3ccc(C(CC)(CC)c4nnc(C(C)C)o4)c(=O)[nH]3)cc21. The van der Waals surface area contributed by atoms with Crippen LogP contribution >= 0.6 is 0 Å². The predicted molar refractivity (Wildman–Crippen MR) is 121 cm³/mol. The van der Waals surface area contributed by atoms with Crippen LogP contribution in [0.5, 0.6) is 0 Å². The van der Waals surface area contributed by atoms with Gasteiger partial charge in [-0.25, -0.2) is 4.39 Å². The number of halogens is 1. The second-order valence-electron chi connectivity index (χ2n) is 8.36. The van der Waals surface area contributed by atoms with Gasteiger partial charge in [-0.15, -0.1) is 10.2 Å². The maximum Gasteiger partial charge on any atom is 0.252 e. The molecular weight excluding hydrogens is 409 g/mol. The first kappa shape index (κ1) is 21.9. The summed E-state index contributed by atoms with van der Waals surface area (Å²) in [7, 11) is 0. The van der Waals surface area contributed by atoms with E-state index in [0.29, 0.717) is 58.9 Å². The monoisotopic (exact) mass is 437 g/mol. The van der Waals surface area contributed by atoms with Gasteiger partial charge in [-0.2, -0.15) is 5.10 Å². The van der Waals surface area contributed by atoms with Crippen molar-refractivity contribution in [1.29, 1.82) is 0 Å². The van der Waals surface area contributed by atoms with E-state index in [1.807, 2.05) is 46.8 Å². The lowest BCUT2D eigenvalue weighted by Gasteiger charge is -2.27. The van der Waals surface area contributed by atoms with E-state index in [1.165, 1.54) is 12.3 Å². The highest BCUT2D eigenvalue weighted by molar-refractivity contribution is 5.84. The van der Waals surface area contributed by atoms with Crippen molar-refractivity contribution in [2.45, 2.75) is 65.3 Å². The van der Waals surface area contributed by atoms with Crippen molar-refractivity contribution in [3.8, 4) is 11.3 Å². The minimum absolute atomic E-state index is 0.102. The van der Waals surface area contributed by atoms with Crippen LogP contribution in [-0.2, 0) is 12.0 Å². The van der Waals surface area contributed by atoms with E-state index in [0.717, 1.165) is 0 Å². The van der Waals surface area contributed by atoms with Crippen LogP contribution in [0, 0.1) is 5.82 Å². The van der Waals surface area contributed by atoms with Gasteiger partial charge in [0.15, 0.2) is 0 Å². The molecule has 7 nitrogen and oxygen atoms in total. The summed E-state index contributed by atoms with van der Waals surface area (Å²) in [6.45, 7) is 10.6. The quantitative estimate of drug-likeness (QED) is 0.431. The number of hydrogen-bond donors (Lipinski definition) is 1. The minimum Gasteiger partial charge on any atom is -0.424 e. The van der Waals surface area contributed by atoms with Crippen molar-refractivity contribution in [1.82, 2.24) is 25.0 Å². The van der Waals surface area contributed by atoms with E-state index in [-0.39, 0.29) is 17.3 Å². The topological polar surface area (TPSA) is 89.6 Å². The highest BCUT2D eigenvalue weighted by Gasteiger charge is 2.39. The number of nitrogens with zero attached hydrogens (tertiary/aromatic N) is 4. The Balaban J connectivity index is 1.82. The molecule has 0 aliphatic rings. The van der Waals surface area contributed by atoms with Crippen molar-refractivity contribution in [3.63, 3.8) is 0 Å². The molecule has 0 spiro atoms. The molecule has 3 heterocycles. The van der Waals surface area contributed by atoms with Gasteiger partial charge in [0.05, 0.1) is 22.5 Å². The van der Waals surface area contributed by atoms with E-state index >= 15 is 0 Å².